The van der Waals surface area contributed by atoms with Crippen LogP contribution in [0.4, 0.5) is 0 Å². The highest BCUT2D eigenvalue weighted by molar-refractivity contribution is 6.29. The normalized spacial score (nSPS) is 10.1. The van der Waals surface area contributed by atoms with E-state index < -0.39 is 0 Å². The van der Waals surface area contributed by atoms with Crippen molar-refractivity contribution in [3.05, 3.63) is 46.8 Å². The summed E-state index contributed by atoms with van der Waals surface area (Å²) < 4.78 is 0. The first-order valence-corrected chi connectivity index (χ1v) is 5.58. The Balaban J connectivity index is 1.96. The molecule has 0 saturated carbocycles. The maximum atomic E-state index is 11.7. The van der Waals surface area contributed by atoms with Gasteiger partial charge in [-0.15, -0.1) is 10.2 Å². The third-order valence-corrected chi connectivity index (χ3v) is 2.33. The number of halogens is 1. The van der Waals surface area contributed by atoms with E-state index in [0.29, 0.717) is 5.69 Å². The lowest BCUT2D eigenvalue weighted by molar-refractivity contribution is 0.0944. The van der Waals surface area contributed by atoms with Gasteiger partial charge in [0.1, 0.15) is 0 Å². The zero-order valence-corrected chi connectivity index (χ0v) is 10.3. The molecule has 0 aliphatic heterocycles. The lowest BCUT2D eigenvalue weighted by Crippen LogP contribution is -2.24. The number of aryl methyl sites for hydroxylation is 1. The molecule has 1 amide bonds. The van der Waals surface area contributed by atoms with Gasteiger partial charge in [0.05, 0.1) is 24.1 Å². The van der Waals surface area contributed by atoms with Gasteiger partial charge in [0.25, 0.3) is 5.91 Å². The van der Waals surface area contributed by atoms with E-state index in [9.17, 15) is 4.79 Å². The van der Waals surface area contributed by atoms with Crippen LogP contribution in [0.25, 0.3) is 0 Å². The van der Waals surface area contributed by atoms with Gasteiger partial charge in [-0.2, -0.15) is 0 Å². The molecule has 0 unspecified atom stereocenters. The van der Waals surface area contributed by atoms with E-state index in [-0.39, 0.29) is 23.3 Å². The third-order valence-electron chi connectivity index (χ3n) is 2.13. The van der Waals surface area contributed by atoms with Crippen molar-refractivity contribution in [1.29, 1.82) is 0 Å². The van der Waals surface area contributed by atoms with E-state index in [1.54, 1.807) is 12.4 Å². The van der Waals surface area contributed by atoms with Crippen LogP contribution >= 0.6 is 11.6 Å². The van der Waals surface area contributed by atoms with Gasteiger partial charge in [-0.25, -0.2) is 0 Å². The molecular weight excluding hydrogens is 254 g/mol. The van der Waals surface area contributed by atoms with Crippen LogP contribution in [0.15, 0.2) is 24.5 Å². The van der Waals surface area contributed by atoms with Crippen LogP contribution in [0.3, 0.4) is 0 Å². The highest BCUT2D eigenvalue weighted by Crippen LogP contribution is 2.02. The number of rotatable bonds is 3. The number of nitrogens with zero attached hydrogens (tertiary/aromatic N) is 4. The van der Waals surface area contributed by atoms with E-state index in [1.807, 2.05) is 6.92 Å². The predicted octanol–water partition coefficient (Wildman–Crippen LogP) is 1.16. The van der Waals surface area contributed by atoms with Gasteiger partial charge in [-0.3, -0.25) is 14.8 Å². The third kappa shape index (κ3) is 3.21. The molecule has 0 aliphatic rings. The second-order valence-electron chi connectivity index (χ2n) is 3.57. The van der Waals surface area contributed by atoms with Crippen molar-refractivity contribution < 1.29 is 4.79 Å². The molecule has 2 heterocycles. The van der Waals surface area contributed by atoms with Crippen LogP contribution < -0.4 is 5.32 Å². The fourth-order valence-corrected chi connectivity index (χ4v) is 1.31. The summed E-state index contributed by atoms with van der Waals surface area (Å²) in [5.41, 5.74) is 1.71. The van der Waals surface area contributed by atoms with Crippen LogP contribution in [-0.4, -0.2) is 26.1 Å². The minimum atomic E-state index is -0.332. The Hall–Kier alpha value is -2.08. The van der Waals surface area contributed by atoms with Gasteiger partial charge in [0.15, 0.2) is 10.8 Å². The lowest BCUT2D eigenvalue weighted by Gasteiger charge is -2.03. The van der Waals surface area contributed by atoms with E-state index in [2.05, 4.69) is 25.5 Å². The van der Waals surface area contributed by atoms with Gasteiger partial charge >= 0.3 is 0 Å². The monoisotopic (exact) mass is 263 g/mol. The first kappa shape index (κ1) is 12.4. The largest absolute Gasteiger partial charge is 0.345 e. The number of hydrogen-bond acceptors (Lipinski definition) is 5. The maximum absolute atomic E-state index is 11.7. The highest BCUT2D eigenvalue weighted by Gasteiger charge is 2.07. The first-order chi connectivity index (χ1) is 8.65. The number of aromatic nitrogens is 4. The van der Waals surface area contributed by atoms with Crippen molar-refractivity contribution in [2.75, 3.05) is 0 Å². The Labute approximate surface area is 108 Å². The molecule has 7 heteroatoms. The summed E-state index contributed by atoms with van der Waals surface area (Å²) in [6, 6.07) is 3.01. The SMILES string of the molecule is Cc1cnc(CNC(=O)c2ccc(Cl)nn2)cn1. The minimum absolute atomic E-state index is 0.208. The Morgan fingerprint density at radius 2 is 2.11 bits per heavy atom. The second-order valence-corrected chi connectivity index (χ2v) is 3.96. The summed E-state index contributed by atoms with van der Waals surface area (Å²) in [5.74, 6) is -0.332. The summed E-state index contributed by atoms with van der Waals surface area (Å²) in [4.78, 5) is 19.9. The number of hydrogen-bond donors (Lipinski definition) is 1. The average Bonchev–Trinajstić information content (AvgIpc) is 2.38. The zero-order valence-electron chi connectivity index (χ0n) is 9.59. The first-order valence-electron chi connectivity index (χ1n) is 5.20. The van der Waals surface area contributed by atoms with E-state index in [4.69, 9.17) is 11.6 Å². The van der Waals surface area contributed by atoms with Crippen molar-refractivity contribution in [2.24, 2.45) is 0 Å². The van der Waals surface area contributed by atoms with Gasteiger partial charge in [0, 0.05) is 6.20 Å². The van der Waals surface area contributed by atoms with Gasteiger partial charge < -0.3 is 5.32 Å². The average molecular weight is 264 g/mol. The quantitative estimate of drug-likeness (QED) is 0.899. The molecule has 92 valence electrons. The summed E-state index contributed by atoms with van der Waals surface area (Å²) in [7, 11) is 0. The number of carbonyl (C=O) groups excluding carboxylic acids is 1. The summed E-state index contributed by atoms with van der Waals surface area (Å²) in [6.07, 6.45) is 3.26. The molecule has 0 aromatic carbocycles. The molecule has 2 rings (SSSR count). The fraction of sp³-hybridized carbons (Fsp3) is 0.182. The Bertz CT molecular complexity index is 540. The van der Waals surface area contributed by atoms with Crippen molar-refractivity contribution in [2.45, 2.75) is 13.5 Å². The summed E-state index contributed by atoms with van der Waals surface area (Å²) >= 11 is 5.58. The lowest BCUT2D eigenvalue weighted by atomic mass is 10.3. The van der Waals surface area contributed by atoms with Crippen molar-refractivity contribution in [3.63, 3.8) is 0 Å². The molecular formula is C11H10ClN5O. The maximum Gasteiger partial charge on any atom is 0.272 e. The van der Waals surface area contributed by atoms with Gasteiger partial charge in [0.2, 0.25) is 0 Å². The van der Waals surface area contributed by atoms with Crippen LogP contribution in [0, 0.1) is 6.92 Å². The zero-order chi connectivity index (χ0) is 13.0. The van der Waals surface area contributed by atoms with Gasteiger partial charge in [-0.05, 0) is 19.1 Å². The molecule has 0 radical (unpaired) electrons. The van der Waals surface area contributed by atoms with E-state index >= 15 is 0 Å². The molecule has 1 N–H and O–H groups in total. The highest BCUT2D eigenvalue weighted by atomic mass is 35.5. The van der Waals surface area contributed by atoms with Gasteiger partial charge in [-0.1, -0.05) is 11.6 Å². The smallest absolute Gasteiger partial charge is 0.272 e. The Morgan fingerprint density at radius 3 is 2.72 bits per heavy atom. The summed E-state index contributed by atoms with van der Waals surface area (Å²) in [6.45, 7) is 2.13. The molecule has 2 aromatic heterocycles. The van der Waals surface area contributed by atoms with E-state index in [0.717, 1.165) is 5.69 Å². The number of amides is 1. The fourth-order valence-electron chi connectivity index (χ4n) is 1.21. The summed E-state index contributed by atoms with van der Waals surface area (Å²) in [5, 5.41) is 10.2. The molecule has 18 heavy (non-hydrogen) atoms. The van der Waals surface area contributed by atoms with Crippen molar-refractivity contribution in [1.82, 2.24) is 25.5 Å². The number of nitrogens with one attached hydrogen (secondary N) is 1. The van der Waals surface area contributed by atoms with Crippen molar-refractivity contribution >= 4 is 17.5 Å². The molecule has 0 bridgehead atoms. The van der Waals surface area contributed by atoms with Crippen LogP contribution in [0.5, 0.6) is 0 Å². The second kappa shape index (κ2) is 5.50. The number of carbonyl (C=O) groups is 1. The minimum Gasteiger partial charge on any atom is -0.345 e. The molecule has 0 fully saturated rings. The van der Waals surface area contributed by atoms with Crippen LogP contribution in [0.1, 0.15) is 21.9 Å². The molecule has 0 saturated heterocycles. The Kier molecular flexibility index (Phi) is 3.78. The molecule has 0 atom stereocenters. The molecule has 2 aromatic rings. The Morgan fingerprint density at radius 1 is 1.28 bits per heavy atom. The molecule has 0 spiro atoms. The standard InChI is InChI=1S/C11H10ClN5O/c1-7-4-14-8(5-13-7)6-15-11(18)9-2-3-10(12)17-16-9/h2-5H,6H2,1H3,(H,15,18). The van der Waals surface area contributed by atoms with Crippen LogP contribution in [0.2, 0.25) is 5.15 Å². The predicted molar refractivity (Wildman–Crippen MR) is 65.0 cm³/mol. The van der Waals surface area contributed by atoms with Crippen LogP contribution in [-0.2, 0) is 6.54 Å². The molecule has 0 aliphatic carbocycles. The van der Waals surface area contributed by atoms with E-state index in [1.165, 1.54) is 12.1 Å². The van der Waals surface area contributed by atoms with Crippen molar-refractivity contribution in [3.8, 4) is 0 Å². The molecule has 6 nitrogen and oxygen atoms in total. The topological polar surface area (TPSA) is 80.7 Å².